The fourth-order valence-corrected chi connectivity index (χ4v) is 1.30. The van der Waals surface area contributed by atoms with E-state index in [0.717, 1.165) is 13.8 Å². The number of aliphatic hydroxyl groups excluding tert-OH is 4. The maximum absolute atomic E-state index is 10.7. The predicted molar refractivity (Wildman–Crippen MR) is 57.3 cm³/mol. The Kier molecular flexibility index (Phi) is 7.44. The monoisotopic (exact) mass is 266 g/mol. The molecule has 0 unspecified atom stereocenters. The first-order valence-electron chi connectivity index (χ1n) is 5.25. The number of ether oxygens (including phenoxy) is 2. The van der Waals surface area contributed by atoms with Gasteiger partial charge in [-0.2, -0.15) is 0 Å². The molecule has 0 aliphatic rings. The third-order valence-electron chi connectivity index (χ3n) is 2.11. The van der Waals surface area contributed by atoms with Crippen LogP contribution in [0, 0.1) is 0 Å². The minimum absolute atomic E-state index is 0.726. The van der Waals surface area contributed by atoms with E-state index in [9.17, 15) is 19.8 Å². The van der Waals surface area contributed by atoms with Gasteiger partial charge >= 0.3 is 11.9 Å². The zero-order chi connectivity index (χ0) is 14.3. The van der Waals surface area contributed by atoms with Crippen LogP contribution in [0.4, 0.5) is 0 Å². The van der Waals surface area contributed by atoms with Gasteiger partial charge in [-0.15, -0.1) is 0 Å². The summed E-state index contributed by atoms with van der Waals surface area (Å²) in [5.74, 6) is -1.51. The largest absolute Gasteiger partial charge is 0.457 e. The summed E-state index contributed by atoms with van der Waals surface area (Å²) in [7, 11) is 0. The molecule has 8 nitrogen and oxygen atoms in total. The zero-order valence-electron chi connectivity index (χ0n) is 10.1. The van der Waals surface area contributed by atoms with Gasteiger partial charge in [0, 0.05) is 13.8 Å². The number of aliphatic hydroxyl groups is 4. The standard InChI is InChI=1S/C10H18O8/c1-5(13)17-7(3-11)9(15)10(16)8(4-12)18-6(2)14/h7-12,15-16H,3-4H2,1-2H3/t7-,8+,9-,10-/m1/s1. The van der Waals surface area contributed by atoms with Crippen LogP contribution >= 0.6 is 0 Å². The van der Waals surface area contributed by atoms with Crippen LogP contribution in [-0.4, -0.2) is 70.0 Å². The van der Waals surface area contributed by atoms with E-state index in [4.69, 9.17) is 10.2 Å². The Morgan fingerprint density at radius 1 is 0.889 bits per heavy atom. The van der Waals surface area contributed by atoms with Crippen LogP contribution in [-0.2, 0) is 19.1 Å². The minimum Gasteiger partial charge on any atom is -0.457 e. The minimum atomic E-state index is -1.70. The summed E-state index contributed by atoms with van der Waals surface area (Å²) in [6.45, 7) is 0.681. The van der Waals surface area contributed by atoms with Crippen molar-refractivity contribution >= 4 is 11.9 Å². The first-order valence-corrected chi connectivity index (χ1v) is 5.25. The lowest BCUT2D eigenvalue weighted by atomic mass is 10.0. The topological polar surface area (TPSA) is 134 Å². The SMILES string of the molecule is CC(=O)O[C@@H](CO)[C@@H](O)[C@H](O)[C@@H](CO)OC(C)=O. The molecule has 0 saturated heterocycles. The van der Waals surface area contributed by atoms with Crippen LogP contribution in [0.3, 0.4) is 0 Å². The van der Waals surface area contributed by atoms with E-state index in [1.54, 1.807) is 0 Å². The molecule has 0 aromatic carbocycles. The third kappa shape index (κ3) is 5.41. The summed E-state index contributed by atoms with van der Waals surface area (Å²) < 4.78 is 9.12. The first kappa shape index (κ1) is 16.8. The number of esters is 2. The molecule has 106 valence electrons. The van der Waals surface area contributed by atoms with Crippen LogP contribution < -0.4 is 0 Å². The van der Waals surface area contributed by atoms with E-state index < -0.39 is 49.6 Å². The molecule has 0 radical (unpaired) electrons. The molecule has 0 bridgehead atoms. The smallest absolute Gasteiger partial charge is 0.303 e. The fraction of sp³-hybridized carbons (Fsp3) is 0.800. The van der Waals surface area contributed by atoms with Crippen molar-refractivity contribution < 1.29 is 39.5 Å². The van der Waals surface area contributed by atoms with E-state index in [1.165, 1.54) is 0 Å². The van der Waals surface area contributed by atoms with E-state index in [2.05, 4.69) is 9.47 Å². The molecule has 0 fully saturated rings. The average molecular weight is 266 g/mol. The summed E-state index contributed by atoms with van der Waals surface area (Å²) in [5, 5.41) is 37.1. The maximum atomic E-state index is 10.7. The summed E-state index contributed by atoms with van der Waals surface area (Å²) in [6.07, 6.45) is -6.14. The van der Waals surface area contributed by atoms with E-state index >= 15 is 0 Å². The van der Waals surface area contributed by atoms with Crippen molar-refractivity contribution in [2.24, 2.45) is 0 Å². The number of carbonyl (C=O) groups excluding carboxylic acids is 2. The molecule has 4 atom stereocenters. The molecule has 18 heavy (non-hydrogen) atoms. The number of carbonyl (C=O) groups is 2. The summed E-state index contributed by atoms with van der Waals surface area (Å²) in [5.41, 5.74) is 0. The molecular weight excluding hydrogens is 248 g/mol. The van der Waals surface area contributed by atoms with Crippen LogP contribution in [0.1, 0.15) is 13.8 Å². The van der Waals surface area contributed by atoms with Crippen LogP contribution in [0.15, 0.2) is 0 Å². The van der Waals surface area contributed by atoms with Gasteiger partial charge in [0.05, 0.1) is 13.2 Å². The molecule has 0 aliphatic carbocycles. The van der Waals surface area contributed by atoms with Gasteiger partial charge in [-0.3, -0.25) is 9.59 Å². The zero-order valence-corrected chi connectivity index (χ0v) is 10.1. The van der Waals surface area contributed by atoms with Gasteiger partial charge < -0.3 is 29.9 Å². The Balaban J connectivity index is 4.64. The molecule has 0 aromatic rings. The Morgan fingerprint density at radius 2 is 1.17 bits per heavy atom. The molecule has 0 aromatic heterocycles. The number of rotatable bonds is 7. The van der Waals surface area contributed by atoms with Crippen molar-refractivity contribution in [1.82, 2.24) is 0 Å². The second-order valence-electron chi connectivity index (χ2n) is 3.64. The molecule has 0 rings (SSSR count). The second kappa shape index (κ2) is 7.98. The highest BCUT2D eigenvalue weighted by molar-refractivity contribution is 5.66. The fourth-order valence-electron chi connectivity index (χ4n) is 1.30. The van der Waals surface area contributed by atoms with Gasteiger partial charge in [0.1, 0.15) is 12.2 Å². The van der Waals surface area contributed by atoms with Crippen LogP contribution in [0.5, 0.6) is 0 Å². The first-order chi connectivity index (χ1) is 8.33. The highest BCUT2D eigenvalue weighted by Crippen LogP contribution is 2.11. The van der Waals surface area contributed by atoms with Gasteiger partial charge in [-0.1, -0.05) is 0 Å². The van der Waals surface area contributed by atoms with Crippen molar-refractivity contribution in [1.29, 1.82) is 0 Å². The Hall–Kier alpha value is -1.22. The van der Waals surface area contributed by atoms with Gasteiger partial charge in [0.2, 0.25) is 0 Å². The molecule has 0 amide bonds. The lowest BCUT2D eigenvalue weighted by Crippen LogP contribution is -2.49. The molecule has 0 spiro atoms. The Labute approximate surface area is 104 Å². The van der Waals surface area contributed by atoms with Crippen LogP contribution in [0.2, 0.25) is 0 Å². The Bertz CT molecular complexity index is 251. The maximum Gasteiger partial charge on any atom is 0.303 e. The van der Waals surface area contributed by atoms with Crippen molar-refractivity contribution in [3.05, 3.63) is 0 Å². The molecular formula is C10H18O8. The van der Waals surface area contributed by atoms with E-state index in [1.807, 2.05) is 0 Å². The van der Waals surface area contributed by atoms with Crippen molar-refractivity contribution in [2.45, 2.75) is 38.3 Å². The van der Waals surface area contributed by atoms with Crippen molar-refractivity contribution in [2.75, 3.05) is 13.2 Å². The molecule has 0 saturated carbocycles. The molecule has 0 aliphatic heterocycles. The normalized spacial score (nSPS) is 17.4. The highest BCUT2D eigenvalue weighted by atomic mass is 16.6. The van der Waals surface area contributed by atoms with Crippen molar-refractivity contribution in [3.63, 3.8) is 0 Å². The molecule has 8 heteroatoms. The predicted octanol–water partition coefficient (Wildman–Crippen LogP) is -2.44. The lowest BCUT2D eigenvalue weighted by Gasteiger charge is -2.29. The van der Waals surface area contributed by atoms with Gasteiger partial charge in [0.25, 0.3) is 0 Å². The lowest BCUT2D eigenvalue weighted by molar-refractivity contribution is -0.179. The summed E-state index contributed by atoms with van der Waals surface area (Å²) >= 11 is 0. The van der Waals surface area contributed by atoms with Crippen molar-refractivity contribution in [3.8, 4) is 0 Å². The number of hydrogen-bond acceptors (Lipinski definition) is 8. The number of hydrogen-bond donors (Lipinski definition) is 4. The van der Waals surface area contributed by atoms with Gasteiger partial charge in [-0.25, -0.2) is 0 Å². The van der Waals surface area contributed by atoms with Gasteiger partial charge in [-0.05, 0) is 0 Å². The third-order valence-corrected chi connectivity index (χ3v) is 2.11. The van der Waals surface area contributed by atoms with Gasteiger partial charge in [0.15, 0.2) is 12.2 Å². The van der Waals surface area contributed by atoms with E-state index in [-0.39, 0.29) is 0 Å². The highest BCUT2D eigenvalue weighted by Gasteiger charge is 2.35. The Morgan fingerprint density at radius 3 is 1.33 bits per heavy atom. The second-order valence-corrected chi connectivity index (χ2v) is 3.64. The van der Waals surface area contributed by atoms with E-state index in [0.29, 0.717) is 0 Å². The quantitative estimate of drug-likeness (QED) is 0.373. The molecule has 4 N–H and O–H groups in total. The summed E-state index contributed by atoms with van der Waals surface area (Å²) in [4.78, 5) is 21.4. The average Bonchev–Trinajstić information content (AvgIpc) is 2.30. The molecule has 0 heterocycles. The summed E-state index contributed by atoms with van der Waals surface area (Å²) in [6, 6.07) is 0. The van der Waals surface area contributed by atoms with Crippen LogP contribution in [0.25, 0.3) is 0 Å².